The maximum Gasteiger partial charge on any atom is 0.407 e. The Morgan fingerprint density at radius 1 is 1.06 bits per heavy atom. The fourth-order valence-electron chi connectivity index (χ4n) is 4.09. The number of hydrogen-bond donors (Lipinski definition) is 2. The number of anilines is 2. The number of carbonyl (C=O) groups is 1. The molecule has 1 saturated heterocycles. The van der Waals surface area contributed by atoms with Crippen molar-refractivity contribution in [1.29, 1.82) is 0 Å². The monoisotopic (exact) mass is 495 g/mol. The van der Waals surface area contributed by atoms with E-state index in [4.69, 9.17) is 14.7 Å². The second-order valence-electron chi connectivity index (χ2n) is 11.3. The Morgan fingerprint density at radius 3 is 2.31 bits per heavy atom. The third kappa shape index (κ3) is 6.63. The molecule has 1 fully saturated rings. The van der Waals surface area contributed by atoms with Crippen LogP contribution in [0.25, 0.3) is 20.7 Å². The number of fused-ring (bicyclic) bond motifs is 1. The van der Waals surface area contributed by atoms with Gasteiger partial charge in [0.2, 0.25) is 5.95 Å². The van der Waals surface area contributed by atoms with Crippen molar-refractivity contribution in [3.05, 3.63) is 35.9 Å². The summed E-state index contributed by atoms with van der Waals surface area (Å²) in [4.78, 5) is 25.5. The van der Waals surface area contributed by atoms with Gasteiger partial charge in [-0.25, -0.2) is 9.78 Å². The SMILES string of the molecule is Cc1ccc(-c2cc3nc(NC(C)(C)C)nc(N4CCC(NC(=O)OC(C)(C)C)CC4)c3s2)cc1. The minimum Gasteiger partial charge on any atom is -0.444 e. The van der Waals surface area contributed by atoms with Crippen LogP contribution in [0.4, 0.5) is 16.6 Å². The number of carbonyl (C=O) groups excluding carboxylic acids is 1. The summed E-state index contributed by atoms with van der Waals surface area (Å²) in [5.41, 5.74) is 2.74. The molecule has 0 atom stereocenters. The molecular formula is C27H37N5O2S. The fraction of sp³-hybridized carbons (Fsp3) is 0.519. The summed E-state index contributed by atoms with van der Waals surface area (Å²) in [6, 6.07) is 10.9. The van der Waals surface area contributed by atoms with E-state index in [-0.39, 0.29) is 17.7 Å². The first-order valence-electron chi connectivity index (χ1n) is 12.3. The highest BCUT2D eigenvalue weighted by molar-refractivity contribution is 7.22. The molecule has 4 rings (SSSR count). The highest BCUT2D eigenvalue weighted by atomic mass is 32.1. The molecule has 8 heteroatoms. The topological polar surface area (TPSA) is 79.4 Å². The van der Waals surface area contributed by atoms with Crippen molar-refractivity contribution in [3.8, 4) is 10.4 Å². The molecule has 1 amide bonds. The number of alkyl carbamates (subject to hydrolysis) is 1. The largest absolute Gasteiger partial charge is 0.444 e. The summed E-state index contributed by atoms with van der Waals surface area (Å²) >= 11 is 1.74. The maximum atomic E-state index is 12.2. The van der Waals surface area contributed by atoms with Crippen molar-refractivity contribution in [2.75, 3.05) is 23.3 Å². The van der Waals surface area contributed by atoms with Gasteiger partial charge in [0.1, 0.15) is 5.60 Å². The Kier molecular flexibility index (Phi) is 6.95. The molecule has 0 radical (unpaired) electrons. The van der Waals surface area contributed by atoms with Crippen LogP contribution in [0.15, 0.2) is 30.3 Å². The van der Waals surface area contributed by atoms with Crippen LogP contribution in [0.3, 0.4) is 0 Å². The quantitative estimate of drug-likeness (QED) is 0.438. The lowest BCUT2D eigenvalue weighted by Crippen LogP contribution is -2.46. The lowest BCUT2D eigenvalue weighted by atomic mass is 10.1. The Hall–Kier alpha value is -2.87. The second-order valence-corrected chi connectivity index (χ2v) is 12.4. The molecule has 0 spiro atoms. The van der Waals surface area contributed by atoms with Crippen LogP contribution < -0.4 is 15.5 Å². The zero-order valence-electron chi connectivity index (χ0n) is 21.9. The van der Waals surface area contributed by atoms with Crippen LogP contribution in [0, 0.1) is 6.92 Å². The van der Waals surface area contributed by atoms with Gasteiger partial charge in [-0.2, -0.15) is 4.98 Å². The van der Waals surface area contributed by atoms with Gasteiger partial charge in [0.05, 0.1) is 10.2 Å². The number of rotatable bonds is 4. The van der Waals surface area contributed by atoms with E-state index in [9.17, 15) is 4.79 Å². The van der Waals surface area contributed by atoms with E-state index in [1.807, 2.05) is 20.8 Å². The van der Waals surface area contributed by atoms with Crippen LogP contribution in [0.2, 0.25) is 0 Å². The first kappa shape index (κ1) is 25.2. The van der Waals surface area contributed by atoms with Gasteiger partial charge in [-0.3, -0.25) is 0 Å². The zero-order chi connectivity index (χ0) is 25.4. The van der Waals surface area contributed by atoms with E-state index < -0.39 is 5.60 Å². The number of ether oxygens (including phenoxy) is 1. The molecule has 0 aliphatic carbocycles. The molecule has 2 aromatic heterocycles. The molecule has 3 aromatic rings. The molecule has 188 valence electrons. The predicted molar refractivity (Wildman–Crippen MR) is 146 cm³/mol. The average molecular weight is 496 g/mol. The number of thiophene rings is 1. The van der Waals surface area contributed by atoms with Crippen molar-refractivity contribution in [2.24, 2.45) is 0 Å². The van der Waals surface area contributed by atoms with Crippen LogP contribution in [-0.2, 0) is 4.74 Å². The molecule has 0 saturated carbocycles. The average Bonchev–Trinajstić information content (AvgIpc) is 3.16. The van der Waals surface area contributed by atoms with E-state index in [2.05, 4.69) is 73.6 Å². The molecular weight excluding hydrogens is 458 g/mol. The zero-order valence-corrected chi connectivity index (χ0v) is 22.7. The molecule has 0 unspecified atom stereocenters. The number of nitrogens with zero attached hydrogens (tertiary/aromatic N) is 3. The van der Waals surface area contributed by atoms with Crippen LogP contribution >= 0.6 is 11.3 Å². The summed E-state index contributed by atoms with van der Waals surface area (Å²) in [6.45, 7) is 15.7. The highest BCUT2D eigenvalue weighted by Gasteiger charge is 2.27. The maximum absolute atomic E-state index is 12.2. The summed E-state index contributed by atoms with van der Waals surface area (Å²) in [6.07, 6.45) is 1.32. The Balaban J connectivity index is 1.59. The van der Waals surface area contributed by atoms with E-state index in [0.29, 0.717) is 5.95 Å². The predicted octanol–water partition coefficient (Wildman–Crippen LogP) is 6.37. The van der Waals surface area contributed by atoms with Crippen LogP contribution in [0.1, 0.15) is 59.9 Å². The molecule has 0 bridgehead atoms. The highest BCUT2D eigenvalue weighted by Crippen LogP contribution is 2.39. The Morgan fingerprint density at radius 2 is 1.71 bits per heavy atom. The van der Waals surface area contributed by atoms with Crippen LogP contribution in [0.5, 0.6) is 0 Å². The van der Waals surface area contributed by atoms with E-state index in [0.717, 1.165) is 42.0 Å². The van der Waals surface area contributed by atoms with Gasteiger partial charge in [-0.1, -0.05) is 29.8 Å². The standard InChI is InChI=1S/C27H37N5O2S/c1-17-8-10-18(11-9-17)21-16-20-22(35-21)23(30-24(29-20)31-26(2,3)4)32-14-12-19(13-15-32)28-25(33)34-27(5,6)7/h8-11,16,19H,12-15H2,1-7H3,(H,28,33)(H,29,30,31). The number of hydrogen-bond acceptors (Lipinski definition) is 7. The van der Waals surface area contributed by atoms with Gasteiger partial charge in [0, 0.05) is 29.5 Å². The number of piperidine rings is 1. The molecule has 7 nitrogen and oxygen atoms in total. The summed E-state index contributed by atoms with van der Waals surface area (Å²) in [5, 5.41) is 6.47. The van der Waals surface area contributed by atoms with Crippen molar-refractivity contribution >= 4 is 39.4 Å². The molecule has 1 aliphatic heterocycles. The van der Waals surface area contributed by atoms with Gasteiger partial charge in [0.15, 0.2) is 5.82 Å². The molecule has 1 aliphatic rings. The molecule has 35 heavy (non-hydrogen) atoms. The van der Waals surface area contributed by atoms with Gasteiger partial charge in [0.25, 0.3) is 0 Å². The Bertz CT molecular complexity index is 1180. The number of nitrogens with one attached hydrogen (secondary N) is 2. The van der Waals surface area contributed by atoms with Crippen molar-refractivity contribution < 1.29 is 9.53 Å². The lowest BCUT2D eigenvalue weighted by molar-refractivity contribution is 0.0497. The van der Waals surface area contributed by atoms with Gasteiger partial charge < -0.3 is 20.3 Å². The van der Waals surface area contributed by atoms with Gasteiger partial charge in [-0.05, 0) is 72.9 Å². The van der Waals surface area contributed by atoms with E-state index in [1.165, 1.54) is 16.0 Å². The molecule has 2 N–H and O–H groups in total. The third-order valence-corrected chi connectivity index (χ3v) is 6.86. The lowest BCUT2D eigenvalue weighted by Gasteiger charge is -2.34. The van der Waals surface area contributed by atoms with Crippen molar-refractivity contribution in [1.82, 2.24) is 15.3 Å². The fourth-order valence-corrected chi connectivity index (χ4v) is 5.21. The Labute approximate surface area is 212 Å². The first-order valence-corrected chi connectivity index (χ1v) is 13.1. The van der Waals surface area contributed by atoms with Crippen molar-refractivity contribution in [3.63, 3.8) is 0 Å². The number of amides is 1. The van der Waals surface area contributed by atoms with Gasteiger partial charge in [-0.15, -0.1) is 11.3 Å². The number of aryl methyl sites for hydroxylation is 1. The first-order chi connectivity index (χ1) is 16.4. The summed E-state index contributed by atoms with van der Waals surface area (Å²) in [7, 11) is 0. The van der Waals surface area contributed by atoms with Crippen LogP contribution in [-0.4, -0.2) is 46.3 Å². The minimum atomic E-state index is -0.498. The number of aromatic nitrogens is 2. The number of benzene rings is 1. The minimum absolute atomic E-state index is 0.0945. The smallest absolute Gasteiger partial charge is 0.407 e. The normalized spacial score (nSPS) is 15.3. The summed E-state index contributed by atoms with van der Waals surface area (Å²) in [5.74, 6) is 1.60. The van der Waals surface area contributed by atoms with Crippen molar-refractivity contribution in [2.45, 2.75) is 78.5 Å². The van der Waals surface area contributed by atoms with E-state index >= 15 is 0 Å². The second kappa shape index (κ2) is 9.64. The molecule has 1 aromatic carbocycles. The summed E-state index contributed by atoms with van der Waals surface area (Å²) < 4.78 is 6.53. The third-order valence-electron chi connectivity index (χ3n) is 5.69. The van der Waals surface area contributed by atoms with Gasteiger partial charge >= 0.3 is 6.09 Å². The molecule has 3 heterocycles. The van der Waals surface area contributed by atoms with E-state index in [1.54, 1.807) is 11.3 Å².